The number of aliphatic hydroxyl groups is 4. The molecule has 2 spiro atoms. The van der Waals surface area contributed by atoms with Gasteiger partial charge in [-0.1, -0.05) is 60.7 Å². The van der Waals surface area contributed by atoms with Crippen LogP contribution in [0.15, 0.2) is 103 Å². The molecule has 14 rings (SSSR count). The van der Waals surface area contributed by atoms with Gasteiger partial charge in [-0.2, -0.15) is 0 Å². The third kappa shape index (κ3) is 10.4. The minimum absolute atomic E-state index is 0.0653. The van der Waals surface area contributed by atoms with Crippen LogP contribution < -0.4 is 14.8 Å². The van der Waals surface area contributed by atoms with Crippen molar-refractivity contribution in [2.75, 3.05) is 20.3 Å². The number of aromatic hydroxyl groups is 3. The fourth-order valence-corrected chi connectivity index (χ4v) is 18.5. The first-order chi connectivity index (χ1) is 43.2. The number of carbonyl (C=O) groups excluding carboxylic acids is 3. The maximum absolute atomic E-state index is 15.6. The monoisotopic (exact) mass is 1210 g/mol. The minimum Gasteiger partial charge on any atom is -0.508 e. The van der Waals surface area contributed by atoms with Gasteiger partial charge in [0, 0.05) is 71.4 Å². The molecule has 89 heavy (non-hydrogen) atoms. The number of ether oxygens (including phenoxy) is 3. The second-order valence-electron chi connectivity index (χ2n) is 26.8. The first-order valence-corrected chi connectivity index (χ1v) is 31.9. The molecule has 7 aliphatic rings. The number of nitrogens with one attached hydrogen (secondary N) is 3. The van der Waals surface area contributed by atoms with Crippen LogP contribution in [0.1, 0.15) is 123 Å². The quantitative estimate of drug-likeness (QED) is 0.0347. The average Bonchev–Trinajstić information content (AvgIpc) is 1.56. The first kappa shape index (κ1) is 58.8. The van der Waals surface area contributed by atoms with Crippen LogP contribution in [0.3, 0.4) is 0 Å². The molecule has 5 heterocycles. The number of aliphatic hydroxyl groups excluding tert-OH is 4. The van der Waals surface area contributed by atoms with Crippen molar-refractivity contribution in [1.82, 2.24) is 19.9 Å². The lowest BCUT2D eigenvalue weighted by Gasteiger charge is -2.59. The Bertz CT molecular complexity index is 3980. The van der Waals surface area contributed by atoms with E-state index in [9.17, 15) is 45.3 Å². The van der Waals surface area contributed by atoms with E-state index in [0.717, 1.165) is 74.9 Å². The number of para-hydroxylation sites is 1. The summed E-state index contributed by atoms with van der Waals surface area (Å²) in [6, 6.07) is 27.3. The number of allylic oxidation sites excluding steroid dienone is 1. The first-order valence-electron chi connectivity index (χ1n) is 31.9. The number of aromatic nitrogens is 3. The molecule has 10 N–H and O–H groups in total. The van der Waals surface area contributed by atoms with Crippen LogP contribution in [0.2, 0.25) is 0 Å². The predicted octanol–water partition coefficient (Wildman–Crippen LogP) is 9.47. The number of hydrogen-bond acceptors (Lipinski definition) is 14. The van der Waals surface area contributed by atoms with Gasteiger partial charge in [0.05, 0.1) is 60.5 Å². The van der Waals surface area contributed by atoms with Crippen molar-refractivity contribution in [3.8, 4) is 51.8 Å². The Morgan fingerprint density at radius 3 is 2.56 bits per heavy atom. The molecule has 15 atom stereocenters. The van der Waals surface area contributed by atoms with E-state index in [4.69, 9.17) is 14.2 Å². The molecule has 3 aromatic heterocycles. The molecule has 5 fully saturated rings. The zero-order valence-electron chi connectivity index (χ0n) is 49.9. The molecule has 5 aliphatic carbocycles. The molecule has 2 aliphatic heterocycles. The SMILES string of the molecule is COc1cc2c(cc1O)C1=CC3CC4(CC5(CC4C=O)NC4C(O)CCCC4CC5n4c(-c5cccc(O)c5)cc5[nH]ccc54)C4CC(O)CCC4C3C2CC(=O)CC(C(O)Cc2ccc(O)c(OCCO)c2)OC(=O)CC#CCc2c1[nH]c1ccccc21. The predicted molar refractivity (Wildman–Crippen MR) is 333 cm³/mol. The van der Waals surface area contributed by atoms with Gasteiger partial charge in [0.2, 0.25) is 0 Å². The molecule has 17 nitrogen and oxygen atoms in total. The number of rotatable bonds is 10. The molecule has 4 saturated carbocycles. The largest absolute Gasteiger partial charge is 0.508 e. The van der Waals surface area contributed by atoms with E-state index >= 15 is 4.79 Å². The van der Waals surface area contributed by atoms with Gasteiger partial charge in [0.25, 0.3) is 0 Å². The Morgan fingerprint density at radius 2 is 1.73 bits per heavy atom. The molecule has 15 unspecified atom stereocenters. The minimum atomic E-state index is -1.40. The van der Waals surface area contributed by atoms with Gasteiger partial charge in [-0.3, -0.25) is 9.59 Å². The summed E-state index contributed by atoms with van der Waals surface area (Å²) < 4.78 is 20.1. The number of fused-ring (bicyclic) bond motifs is 11. The van der Waals surface area contributed by atoms with E-state index in [1.54, 1.807) is 30.3 Å². The molecule has 17 heteroatoms. The van der Waals surface area contributed by atoms with Crippen LogP contribution in [0.4, 0.5) is 0 Å². The summed E-state index contributed by atoms with van der Waals surface area (Å²) in [4.78, 5) is 51.6. The number of phenols is 3. The number of methoxy groups -OCH3 is 1. The van der Waals surface area contributed by atoms with E-state index in [0.29, 0.717) is 56.1 Å². The standard InChI is InChI=1S/C72H78N4O13/c1-87-63-33-51-50(32-62(63)85)53-27-42-35-71(38-72(36-43(71)37-78)66(28-41-9-7-14-60(83)69(41)75-72)76-57-20-21-73-56(57)34-58(76)40-8-6-10-44(79)26-40)54-30-45(80)17-18-49(54)68(42)52(51)29-46(81)31-65(61(84)24-39-16-19-59(82)64(25-39)88-23-22-77)89-67(86)15-5-3-12-48-47-11-2-4-13-55(47)74-70(48)53/h2,4,6,8,10-11,13,16,19-21,25-27,32-34,37,41-43,45,49,52,54,60-61,65-66,68-69,73-75,77,79-80,82-85H,7,9,12,14-15,17-18,22-24,28-31,35-36,38H2,1H3. The molecule has 0 radical (unpaired) electrons. The van der Waals surface area contributed by atoms with Gasteiger partial charge in [-0.15, -0.1) is 0 Å². The van der Waals surface area contributed by atoms with Crippen molar-refractivity contribution < 1.29 is 64.3 Å². The summed E-state index contributed by atoms with van der Waals surface area (Å²) in [7, 11) is 1.50. The number of hydrogen-bond donors (Lipinski definition) is 10. The second kappa shape index (κ2) is 23.5. The van der Waals surface area contributed by atoms with Crippen LogP contribution in [0, 0.1) is 52.8 Å². The third-order valence-electron chi connectivity index (χ3n) is 22.0. The molecule has 4 aromatic carbocycles. The molecule has 464 valence electrons. The Balaban J connectivity index is 0.944. The number of carbonyl (C=O) groups is 3. The lowest BCUT2D eigenvalue weighted by atomic mass is 9.46. The number of aromatic amines is 2. The number of H-pyrrole nitrogens is 2. The van der Waals surface area contributed by atoms with Gasteiger partial charge >= 0.3 is 5.97 Å². The fraction of sp³-hybridized carbons (Fsp3) is 0.458. The molecular formula is C72H78N4O13. The lowest BCUT2D eigenvalue weighted by molar-refractivity contribution is -0.155. The molecule has 7 aromatic rings. The van der Waals surface area contributed by atoms with Crippen molar-refractivity contribution in [2.24, 2.45) is 40.9 Å². The number of benzene rings is 4. The Labute approximate surface area is 516 Å². The Morgan fingerprint density at radius 1 is 0.876 bits per heavy atom. The topological polar surface area (TPSA) is 269 Å². The van der Waals surface area contributed by atoms with Crippen molar-refractivity contribution in [3.63, 3.8) is 0 Å². The lowest BCUT2D eigenvalue weighted by Crippen LogP contribution is -2.65. The molecular weight excluding hydrogens is 1130 g/mol. The van der Waals surface area contributed by atoms with Gasteiger partial charge < -0.3 is 74.6 Å². The van der Waals surface area contributed by atoms with Gasteiger partial charge in [0.15, 0.2) is 23.0 Å². The number of esters is 1. The number of phenolic OH excluding ortho intramolecular Hbond substituents is 3. The van der Waals surface area contributed by atoms with Crippen LogP contribution in [-0.2, 0) is 32.0 Å². The van der Waals surface area contributed by atoms with E-state index < -0.39 is 53.2 Å². The third-order valence-corrected chi connectivity index (χ3v) is 22.0. The molecule has 2 bridgehead atoms. The van der Waals surface area contributed by atoms with E-state index in [1.807, 2.05) is 48.7 Å². The summed E-state index contributed by atoms with van der Waals surface area (Å²) in [6.45, 7) is -0.367. The highest BCUT2D eigenvalue weighted by molar-refractivity contribution is 5.95. The normalized spacial score (nSPS) is 31.3. The maximum Gasteiger partial charge on any atom is 0.318 e. The van der Waals surface area contributed by atoms with Crippen molar-refractivity contribution in [2.45, 2.75) is 144 Å². The number of nitrogens with zero attached hydrogens (tertiary/aromatic N) is 1. The Hall–Kier alpha value is -7.85. The van der Waals surface area contributed by atoms with Crippen LogP contribution in [0.5, 0.6) is 28.7 Å². The number of Topliss-reactive ketones (excluding diaryl/α,β-unsaturated/α-hetero) is 1. The highest BCUT2D eigenvalue weighted by Crippen LogP contribution is 2.70. The van der Waals surface area contributed by atoms with Crippen molar-refractivity contribution in [3.05, 3.63) is 131 Å². The van der Waals surface area contributed by atoms with Gasteiger partial charge in [-0.05, 0) is 176 Å². The van der Waals surface area contributed by atoms with E-state index in [-0.39, 0.29) is 122 Å². The summed E-state index contributed by atoms with van der Waals surface area (Å²) >= 11 is 0. The Kier molecular flexibility index (Phi) is 15.5. The zero-order valence-corrected chi connectivity index (χ0v) is 49.9. The maximum atomic E-state index is 15.6. The second-order valence-corrected chi connectivity index (χ2v) is 26.8. The number of cyclic esters (lactones) is 1. The van der Waals surface area contributed by atoms with Crippen LogP contribution in [-0.4, -0.2) is 125 Å². The van der Waals surface area contributed by atoms with Crippen molar-refractivity contribution >= 4 is 45.5 Å². The molecule has 0 amide bonds. The summed E-state index contributed by atoms with van der Waals surface area (Å²) in [5.41, 5.74) is 7.51. The fourth-order valence-electron chi connectivity index (χ4n) is 18.5. The summed E-state index contributed by atoms with van der Waals surface area (Å²) in [5, 5.41) is 84.7. The van der Waals surface area contributed by atoms with Gasteiger partial charge in [-0.25, -0.2) is 0 Å². The van der Waals surface area contributed by atoms with Crippen LogP contribution >= 0.6 is 0 Å². The number of piperidine rings is 1. The number of aldehydes is 1. The summed E-state index contributed by atoms with van der Waals surface area (Å²) in [6.07, 6.45) is 7.14. The highest BCUT2D eigenvalue weighted by Gasteiger charge is 2.68. The van der Waals surface area contributed by atoms with E-state index in [1.165, 1.54) is 19.5 Å². The van der Waals surface area contributed by atoms with E-state index in [2.05, 4.69) is 49.9 Å². The average molecular weight is 1210 g/mol. The highest BCUT2D eigenvalue weighted by atomic mass is 16.6. The van der Waals surface area contributed by atoms with Gasteiger partial charge in [0.1, 0.15) is 37.0 Å². The number of ketones is 1. The smallest absolute Gasteiger partial charge is 0.318 e. The van der Waals surface area contributed by atoms with Crippen LogP contribution in [0.25, 0.3) is 38.8 Å². The molecule has 1 saturated heterocycles. The summed E-state index contributed by atoms with van der Waals surface area (Å²) in [5.74, 6) is 3.58. The zero-order chi connectivity index (χ0) is 61.5. The van der Waals surface area contributed by atoms with Crippen molar-refractivity contribution in [1.29, 1.82) is 0 Å².